The lowest BCUT2D eigenvalue weighted by Gasteiger charge is -2.20. The highest BCUT2D eigenvalue weighted by Gasteiger charge is 2.20. The van der Waals surface area contributed by atoms with Gasteiger partial charge in [-0.2, -0.15) is 0 Å². The minimum Gasteiger partial charge on any atom is -0.393 e. The molecule has 6 heteroatoms. The predicted octanol–water partition coefficient (Wildman–Crippen LogP) is -0.844. The summed E-state index contributed by atoms with van der Waals surface area (Å²) in [5.74, 6) is -0.583. The summed E-state index contributed by atoms with van der Waals surface area (Å²) in [5.41, 5.74) is -1.15. The summed E-state index contributed by atoms with van der Waals surface area (Å²) in [6.45, 7) is 2.49. The fourth-order valence-corrected chi connectivity index (χ4v) is 1.17. The molecule has 0 bridgehead atoms. The van der Waals surface area contributed by atoms with E-state index < -0.39 is 18.1 Å². The van der Waals surface area contributed by atoms with E-state index in [0.717, 1.165) is 0 Å². The average molecular weight is 240 g/mol. The van der Waals surface area contributed by atoms with Crippen LogP contribution in [0.4, 0.5) is 0 Å². The van der Waals surface area contributed by atoms with E-state index in [-0.39, 0.29) is 17.5 Å². The van der Waals surface area contributed by atoms with Crippen LogP contribution in [0.3, 0.4) is 0 Å². The van der Waals surface area contributed by atoms with E-state index in [1.54, 1.807) is 6.92 Å². The maximum Gasteiger partial charge on any atom is 0.256 e. The van der Waals surface area contributed by atoms with Gasteiger partial charge in [0.2, 0.25) is 0 Å². The first-order chi connectivity index (χ1) is 7.85. The molecular formula is C11H16N2O4. The molecule has 17 heavy (non-hydrogen) atoms. The van der Waals surface area contributed by atoms with Gasteiger partial charge in [-0.1, -0.05) is 0 Å². The van der Waals surface area contributed by atoms with Gasteiger partial charge in [0.1, 0.15) is 11.2 Å². The SMILES string of the molecule is Cc1cc(=O)c(C(=O)NCC(C)(O)CO)c[nH]1. The Hall–Kier alpha value is -1.66. The number of aryl methyl sites for hydroxylation is 1. The summed E-state index contributed by atoms with van der Waals surface area (Å²) in [5, 5.41) is 20.7. The summed E-state index contributed by atoms with van der Waals surface area (Å²) < 4.78 is 0. The number of aromatic nitrogens is 1. The molecule has 0 spiro atoms. The van der Waals surface area contributed by atoms with Crippen LogP contribution in [0.2, 0.25) is 0 Å². The lowest BCUT2D eigenvalue weighted by Crippen LogP contribution is -2.44. The van der Waals surface area contributed by atoms with Crippen LogP contribution >= 0.6 is 0 Å². The Morgan fingerprint density at radius 3 is 2.76 bits per heavy atom. The molecule has 0 saturated carbocycles. The van der Waals surface area contributed by atoms with Crippen molar-refractivity contribution in [3.63, 3.8) is 0 Å². The van der Waals surface area contributed by atoms with E-state index in [2.05, 4.69) is 10.3 Å². The third-order valence-corrected chi connectivity index (χ3v) is 2.27. The fourth-order valence-electron chi connectivity index (χ4n) is 1.17. The number of H-pyrrole nitrogens is 1. The summed E-state index contributed by atoms with van der Waals surface area (Å²) in [6.07, 6.45) is 1.32. The Labute approximate surface area is 98.3 Å². The smallest absolute Gasteiger partial charge is 0.256 e. The quantitative estimate of drug-likeness (QED) is 0.551. The fraction of sp³-hybridized carbons (Fsp3) is 0.455. The van der Waals surface area contributed by atoms with Crippen molar-refractivity contribution in [1.29, 1.82) is 0 Å². The van der Waals surface area contributed by atoms with Gasteiger partial charge in [0.25, 0.3) is 5.91 Å². The Bertz CT molecular complexity index is 465. The predicted molar refractivity (Wildman–Crippen MR) is 61.8 cm³/mol. The molecule has 94 valence electrons. The molecule has 0 aromatic carbocycles. The van der Waals surface area contributed by atoms with Gasteiger partial charge in [-0.3, -0.25) is 9.59 Å². The number of aliphatic hydroxyl groups is 2. The molecule has 1 aromatic heterocycles. The zero-order valence-corrected chi connectivity index (χ0v) is 9.78. The van der Waals surface area contributed by atoms with Gasteiger partial charge in [-0.05, 0) is 13.8 Å². The van der Waals surface area contributed by atoms with E-state index in [9.17, 15) is 14.7 Å². The Morgan fingerprint density at radius 1 is 1.59 bits per heavy atom. The van der Waals surface area contributed by atoms with E-state index in [4.69, 9.17) is 5.11 Å². The van der Waals surface area contributed by atoms with Gasteiger partial charge < -0.3 is 20.5 Å². The van der Waals surface area contributed by atoms with Gasteiger partial charge in [-0.15, -0.1) is 0 Å². The van der Waals surface area contributed by atoms with Crippen LogP contribution in [0.1, 0.15) is 23.0 Å². The third kappa shape index (κ3) is 3.69. The van der Waals surface area contributed by atoms with Gasteiger partial charge in [0, 0.05) is 24.5 Å². The van der Waals surface area contributed by atoms with Crippen molar-refractivity contribution >= 4 is 5.91 Å². The zero-order valence-electron chi connectivity index (χ0n) is 9.78. The highest BCUT2D eigenvalue weighted by atomic mass is 16.3. The van der Waals surface area contributed by atoms with Crippen molar-refractivity contribution in [2.75, 3.05) is 13.2 Å². The van der Waals surface area contributed by atoms with Crippen molar-refractivity contribution in [1.82, 2.24) is 10.3 Å². The number of hydrogen-bond donors (Lipinski definition) is 4. The molecule has 0 aliphatic carbocycles. The molecule has 6 nitrogen and oxygen atoms in total. The van der Waals surface area contributed by atoms with Crippen LogP contribution in [0.15, 0.2) is 17.1 Å². The second kappa shape index (κ2) is 5.11. The van der Waals surface area contributed by atoms with Gasteiger partial charge in [0.05, 0.1) is 6.61 Å². The van der Waals surface area contributed by atoms with E-state index >= 15 is 0 Å². The number of hydrogen-bond acceptors (Lipinski definition) is 4. The summed E-state index contributed by atoms with van der Waals surface area (Å²) in [7, 11) is 0. The van der Waals surface area contributed by atoms with Gasteiger partial charge in [0.15, 0.2) is 5.43 Å². The van der Waals surface area contributed by atoms with Crippen molar-refractivity contribution in [2.24, 2.45) is 0 Å². The molecule has 1 atom stereocenters. The molecule has 1 rings (SSSR count). The molecule has 0 aliphatic heterocycles. The zero-order chi connectivity index (χ0) is 13.1. The normalized spacial score (nSPS) is 14.1. The summed E-state index contributed by atoms with van der Waals surface area (Å²) in [6, 6.07) is 1.32. The molecular weight excluding hydrogens is 224 g/mol. The Morgan fingerprint density at radius 2 is 2.24 bits per heavy atom. The second-order valence-electron chi connectivity index (χ2n) is 4.23. The molecule has 0 radical (unpaired) electrons. The first-order valence-corrected chi connectivity index (χ1v) is 5.16. The minimum atomic E-state index is -1.40. The summed E-state index contributed by atoms with van der Waals surface area (Å²) in [4.78, 5) is 25.9. The Kier molecular flexibility index (Phi) is 4.03. The van der Waals surface area contributed by atoms with E-state index in [0.29, 0.717) is 5.69 Å². The number of rotatable bonds is 4. The van der Waals surface area contributed by atoms with E-state index in [1.165, 1.54) is 19.2 Å². The second-order valence-corrected chi connectivity index (χ2v) is 4.23. The first kappa shape index (κ1) is 13.4. The first-order valence-electron chi connectivity index (χ1n) is 5.16. The topological polar surface area (TPSA) is 102 Å². The van der Waals surface area contributed by atoms with Gasteiger partial charge >= 0.3 is 0 Å². The van der Waals surface area contributed by atoms with E-state index in [1.807, 2.05) is 0 Å². The van der Waals surface area contributed by atoms with Crippen LogP contribution in [0.5, 0.6) is 0 Å². The van der Waals surface area contributed by atoms with Crippen LogP contribution in [0.25, 0.3) is 0 Å². The van der Waals surface area contributed by atoms with Crippen molar-refractivity contribution < 1.29 is 15.0 Å². The minimum absolute atomic E-state index is 0.0238. The molecule has 1 amide bonds. The summed E-state index contributed by atoms with van der Waals surface area (Å²) >= 11 is 0. The van der Waals surface area contributed by atoms with Crippen molar-refractivity contribution in [3.8, 4) is 0 Å². The van der Waals surface area contributed by atoms with Crippen LogP contribution in [-0.4, -0.2) is 39.9 Å². The van der Waals surface area contributed by atoms with Crippen molar-refractivity contribution in [3.05, 3.63) is 33.7 Å². The largest absolute Gasteiger partial charge is 0.393 e. The number of aliphatic hydroxyl groups excluding tert-OH is 1. The molecule has 0 saturated heterocycles. The number of carbonyl (C=O) groups is 1. The average Bonchev–Trinajstić information content (AvgIpc) is 2.26. The van der Waals surface area contributed by atoms with Crippen LogP contribution < -0.4 is 10.7 Å². The number of nitrogens with one attached hydrogen (secondary N) is 2. The lowest BCUT2D eigenvalue weighted by molar-refractivity contribution is 0.00319. The standard InChI is InChI=1S/C11H16N2O4/c1-7-3-9(15)8(4-12-7)10(16)13-5-11(2,17)6-14/h3-4,14,17H,5-6H2,1-2H3,(H,12,15)(H,13,16). The van der Waals surface area contributed by atoms with Crippen molar-refractivity contribution in [2.45, 2.75) is 19.4 Å². The van der Waals surface area contributed by atoms with Crippen LogP contribution in [0, 0.1) is 6.92 Å². The maximum absolute atomic E-state index is 11.6. The Balaban J connectivity index is 2.74. The lowest BCUT2D eigenvalue weighted by atomic mass is 10.1. The monoisotopic (exact) mass is 240 g/mol. The molecule has 0 fully saturated rings. The number of amides is 1. The molecule has 4 N–H and O–H groups in total. The molecule has 1 aromatic rings. The number of aromatic amines is 1. The third-order valence-electron chi connectivity index (χ3n) is 2.27. The maximum atomic E-state index is 11.6. The molecule has 0 aliphatic rings. The highest BCUT2D eigenvalue weighted by Crippen LogP contribution is 1.99. The highest BCUT2D eigenvalue weighted by molar-refractivity contribution is 5.93. The molecule has 1 unspecified atom stereocenters. The van der Waals surface area contributed by atoms with Gasteiger partial charge in [-0.25, -0.2) is 0 Å². The van der Waals surface area contributed by atoms with Crippen LogP contribution in [-0.2, 0) is 0 Å². The number of carbonyl (C=O) groups excluding carboxylic acids is 1. The number of pyridine rings is 1. The molecule has 1 heterocycles.